The van der Waals surface area contributed by atoms with Crippen LogP contribution >= 0.6 is 0 Å². The number of carbonyl (C=O) groups is 1. The highest BCUT2D eigenvalue weighted by molar-refractivity contribution is 6.09. The summed E-state index contributed by atoms with van der Waals surface area (Å²) in [5.41, 5.74) is 2.32. The number of benzene rings is 2. The highest BCUT2D eigenvalue weighted by Crippen LogP contribution is 2.38. The Bertz CT molecular complexity index is 967. The van der Waals surface area contributed by atoms with E-state index >= 15 is 0 Å². The predicted octanol–water partition coefficient (Wildman–Crippen LogP) is 3.81. The van der Waals surface area contributed by atoms with Gasteiger partial charge in [0.05, 0.1) is 6.42 Å². The number of fused-ring (bicyclic) bond motifs is 3. The fraction of sp³-hybridized carbons (Fsp3) is 0.158. The minimum absolute atomic E-state index is 0.0724. The smallest absolute Gasteiger partial charge is 0.336 e. The number of rotatable bonds is 1. The van der Waals surface area contributed by atoms with Crippen molar-refractivity contribution in [1.29, 1.82) is 0 Å². The SMILES string of the molecule is Cc1ccc(C2CC(=O)c3c(ccc4ccc(=O)oc34)O2)cc1. The average molecular weight is 306 g/mol. The molecule has 0 radical (unpaired) electrons. The number of ether oxygens (including phenoxy) is 1. The van der Waals surface area contributed by atoms with Crippen molar-refractivity contribution in [2.45, 2.75) is 19.4 Å². The standard InChI is InChI=1S/C19H14O4/c1-11-2-4-12(5-3-11)16-10-14(20)18-15(22-16)8-6-13-7-9-17(21)23-19(13)18/h2-9,16H,10H2,1H3. The molecule has 0 fully saturated rings. The zero-order valence-electron chi connectivity index (χ0n) is 12.5. The van der Waals surface area contributed by atoms with Crippen LogP contribution in [0.25, 0.3) is 11.0 Å². The number of carbonyl (C=O) groups excluding carboxylic acids is 1. The van der Waals surface area contributed by atoms with Crippen molar-refractivity contribution in [2.75, 3.05) is 0 Å². The van der Waals surface area contributed by atoms with Crippen molar-refractivity contribution in [2.24, 2.45) is 0 Å². The van der Waals surface area contributed by atoms with Gasteiger partial charge in [-0.15, -0.1) is 0 Å². The molecule has 0 aliphatic carbocycles. The summed E-state index contributed by atoms with van der Waals surface area (Å²) in [5, 5.41) is 0.717. The molecule has 1 aliphatic rings. The minimum Gasteiger partial charge on any atom is -0.484 e. The van der Waals surface area contributed by atoms with Crippen LogP contribution in [0.4, 0.5) is 0 Å². The van der Waals surface area contributed by atoms with Crippen LogP contribution in [0.2, 0.25) is 0 Å². The summed E-state index contributed by atoms with van der Waals surface area (Å²) in [6, 6.07) is 14.5. The van der Waals surface area contributed by atoms with Crippen LogP contribution in [0.15, 0.2) is 57.7 Å². The van der Waals surface area contributed by atoms with E-state index in [4.69, 9.17) is 9.15 Å². The molecule has 0 saturated heterocycles. The van der Waals surface area contributed by atoms with Crippen LogP contribution < -0.4 is 10.4 Å². The van der Waals surface area contributed by atoms with E-state index in [1.165, 1.54) is 6.07 Å². The van der Waals surface area contributed by atoms with Gasteiger partial charge in [-0.3, -0.25) is 4.79 Å². The molecule has 3 aromatic rings. The largest absolute Gasteiger partial charge is 0.484 e. The van der Waals surface area contributed by atoms with Crippen molar-refractivity contribution in [3.63, 3.8) is 0 Å². The maximum Gasteiger partial charge on any atom is 0.336 e. The van der Waals surface area contributed by atoms with Gasteiger partial charge in [-0.25, -0.2) is 4.79 Å². The molecule has 2 aromatic carbocycles. The monoisotopic (exact) mass is 306 g/mol. The van der Waals surface area contributed by atoms with Gasteiger partial charge < -0.3 is 9.15 Å². The lowest BCUT2D eigenvalue weighted by atomic mass is 9.94. The number of ketones is 1. The third-order valence-corrected chi connectivity index (χ3v) is 4.12. The second kappa shape index (κ2) is 5.09. The molecule has 4 heteroatoms. The van der Waals surface area contributed by atoms with Crippen LogP contribution in [0.1, 0.15) is 34.0 Å². The fourth-order valence-corrected chi connectivity index (χ4v) is 2.91. The molecule has 2 heterocycles. The molecule has 1 aromatic heterocycles. The summed E-state index contributed by atoms with van der Waals surface area (Å²) in [6.45, 7) is 2.01. The molecule has 0 saturated carbocycles. The zero-order valence-corrected chi connectivity index (χ0v) is 12.5. The van der Waals surface area contributed by atoms with Crippen LogP contribution in [0, 0.1) is 6.92 Å². The highest BCUT2D eigenvalue weighted by atomic mass is 16.5. The van der Waals surface area contributed by atoms with Gasteiger partial charge in [0, 0.05) is 11.5 Å². The van der Waals surface area contributed by atoms with Crippen molar-refractivity contribution in [3.8, 4) is 5.75 Å². The Labute approximate surface area is 132 Å². The van der Waals surface area contributed by atoms with E-state index in [-0.39, 0.29) is 18.3 Å². The molecule has 0 N–H and O–H groups in total. The predicted molar refractivity (Wildman–Crippen MR) is 86.0 cm³/mol. The first-order valence-electron chi connectivity index (χ1n) is 7.45. The van der Waals surface area contributed by atoms with Gasteiger partial charge in [-0.2, -0.15) is 0 Å². The number of Topliss-reactive ketones (excluding diaryl/α,β-unsaturated/α-hetero) is 1. The van der Waals surface area contributed by atoms with Gasteiger partial charge in [0.2, 0.25) is 0 Å². The molecule has 4 rings (SSSR count). The van der Waals surface area contributed by atoms with Crippen molar-refractivity contribution < 1.29 is 13.9 Å². The second-order valence-electron chi connectivity index (χ2n) is 5.76. The van der Waals surface area contributed by atoms with Gasteiger partial charge in [0.15, 0.2) is 11.4 Å². The summed E-state index contributed by atoms with van der Waals surface area (Å²) in [4.78, 5) is 24.1. The topological polar surface area (TPSA) is 56.5 Å². The number of hydrogen-bond acceptors (Lipinski definition) is 4. The highest BCUT2D eigenvalue weighted by Gasteiger charge is 2.30. The Balaban J connectivity index is 1.82. The third kappa shape index (κ3) is 2.32. The van der Waals surface area contributed by atoms with Crippen molar-refractivity contribution in [3.05, 3.63) is 75.6 Å². The molecule has 1 atom stereocenters. The third-order valence-electron chi connectivity index (χ3n) is 4.12. The Morgan fingerprint density at radius 3 is 2.48 bits per heavy atom. The first-order chi connectivity index (χ1) is 11.1. The Morgan fingerprint density at radius 2 is 1.70 bits per heavy atom. The van der Waals surface area contributed by atoms with Crippen LogP contribution in [0.3, 0.4) is 0 Å². The first-order valence-corrected chi connectivity index (χ1v) is 7.45. The average Bonchev–Trinajstić information content (AvgIpc) is 2.54. The lowest BCUT2D eigenvalue weighted by Gasteiger charge is -2.26. The number of hydrogen-bond donors (Lipinski definition) is 0. The number of aryl methyl sites for hydroxylation is 1. The zero-order chi connectivity index (χ0) is 16.0. The summed E-state index contributed by atoms with van der Waals surface area (Å²) in [5.74, 6) is 0.394. The van der Waals surface area contributed by atoms with Gasteiger partial charge in [-0.05, 0) is 30.7 Å². The van der Waals surface area contributed by atoms with Crippen LogP contribution in [-0.2, 0) is 0 Å². The Hall–Kier alpha value is -2.88. The van der Waals surface area contributed by atoms with Crippen molar-refractivity contribution in [1.82, 2.24) is 0 Å². The van der Waals surface area contributed by atoms with E-state index in [2.05, 4.69) is 0 Å². The first kappa shape index (κ1) is 13.8. The minimum atomic E-state index is -0.473. The molecular weight excluding hydrogens is 292 g/mol. The Morgan fingerprint density at radius 1 is 0.957 bits per heavy atom. The maximum absolute atomic E-state index is 12.6. The fourth-order valence-electron chi connectivity index (χ4n) is 2.91. The normalized spacial score (nSPS) is 16.9. The van der Waals surface area contributed by atoms with Gasteiger partial charge in [-0.1, -0.05) is 29.8 Å². The molecule has 1 unspecified atom stereocenters. The van der Waals surface area contributed by atoms with E-state index in [1.54, 1.807) is 18.2 Å². The van der Waals surface area contributed by atoms with E-state index < -0.39 is 5.63 Å². The van der Waals surface area contributed by atoms with E-state index in [0.29, 0.717) is 22.3 Å². The molecule has 23 heavy (non-hydrogen) atoms. The molecule has 1 aliphatic heterocycles. The molecular formula is C19H14O4. The molecule has 4 nitrogen and oxygen atoms in total. The van der Waals surface area contributed by atoms with Gasteiger partial charge >= 0.3 is 5.63 Å². The van der Waals surface area contributed by atoms with Gasteiger partial charge in [0.1, 0.15) is 17.4 Å². The van der Waals surface area contributed by atoms with E-state index in [1.807, 2.05) is 31.2 Å². The molecule has 0 spiro atoms. The molecule has 0 bridgehead atoms. The van der Waals surface area contributed by atoms with E-state index in [0.717, 1.165) is 11.1 Å². The molecule has 114 valence electrons. The second-order valence-corrected chi connectivity index (χ2v) is 5.76. The maximum atomic E-state index is 12.6. The van der Waals surface area contributed by atoms with Crippen LogP contribution in [0.5, 0.6) is 5.75 Å². The quantitative estimate of drug-likeness (QED) is 0.642. The lowest BCUT2D eigenvalue weighted by molar-refractivity contribution is 0.0851. The van der Waals surface area contributed by atoms with Crippen molar-refractivity contribution >= 4 is 16.8 Å². The molecule has 0 amide bonds. The summed E-state index contributed by atoms with van der Waals surface area (Å²) in [7, 11) is 0. The summed E-state index contributed by atoms with van der Waals surface area (Å²) < 4.78 is 11.2. The lowest BCUT2D eigenvalue weighted by Crippen LogP contribution is -2.21. The van der Waals surface area contributed by atoms with E-state index in [9.17, 15) is 9.59 Å². The summed E-state index contributed by atoms with van der Waals surface area (Å²) in [6.07, 6.45) is -0.0863. The Kier molecular flexibility index (Phi) is 3.05. The van der Waals surface area contributed by atoms with Crippen LogP contribution in [-0.4, -0.2) is 5.78 Å². The van der Waals surface area contributed by atoms with Gasteiger partial charge in [0.25, 0.3) is 0 Å². The summed E-state index contributed by atoms with van der Waals surface area (Å²) >= 11 is 0.